The number of carbonyl (C=O) groups excluding carboxylic acids is 1. The van der Waals surface area contributed by atoms with E-state index in [9.17, 15) is 18.0 Å². The van der Waals surface area contributed by atoms with Gasteiger partial charge in [0.25, 0.3) is 5.91 Å². The Bertz CT molecular complexity index is 1120. The van der Waals surface area contributed by atoms with Crippen molar-refractivity contribution in [2.24, 2.45) is 0 Å². The number of benzene rings is 1. The number of rotatable bonds is 8. The van der Waals surface area contributed by atoms with E-state index in [1.54, 1.807) is 18.2 Å². The topological polar surface area (TPSA) is 91.6 Å². The predicted molar refractivity (Wildman–Crippen MR) is 111 cm³/mol. The third-order valence-electron chi connectivity index (χ3n) is 4.85. The lowest BCUT2D eigenvalue weighted by Gasteiger charge is -2.19. The summed E-state index contributed by atoms with van der Waals surface area (Å²) in [5.41, 5.74) is -0.993. The molecule has 33 heavy (non-hydrogen) atoms. The molecule has 176 valence electrons. The van der Waals surface area contributed by atoms with Crippen LogP contribution in [0, 0.1) is 0 Å². The largest absolute Gasteiger partial charge is 0.493 e. The predicted octanol–water partition coefficient (Wildman–Crippen LogP) is 3.02. The van der Waals surface area contributed by atoms with Crippen molar-refractivity contribution in [3.8, 4) is 23.2 Å². The lowest BCUT2D eigenvalue weighted by molar-refractivity contribution is -0.143. The van der Waals surface area contributed by atoms with E-state index in [0.717, 1.165) is 11.8 Å². The van der Waals surface area contributed by atoms with Crippen LogP contribution in [-0.2, 0) is 12.6 Å². The van der Waals surface area contributed by atoms with Crippen LogP contribution in [0.15, 0.2) is 36.5 Å². The molecule has 3 aromatic rings. The molecule has 2 aromatic heterocycles. The number of halogens is 3. The number of likely N-dealkylation sites (N-methyl/N-ethyl adjacent to an activating group) is 1. The Kier molecular flexibility index (Phi) is 7.04. The van der Waals surface area contributed by atoms with Crippen molar-refractivity contribution >= 4 is 5.91 Å². The highest BCUT2D eigenvalue weighted by molar-refractivity contribution is 5.95. The first-order chi connectivity index (χ1) is 15.7. The smallest absolute Gasteiger partial charge is 0.434 e. The van der Waals surface area contributed by atoms with Crippen molar-refractivity contribution in [3.05, 3.63) is 53.3 Å². The van der Waals surface area contributed by atoms with Gasteiger partial charge in [-0.15, -0.1) is 10.2 Å². The minimum atomic E-state index is -4.85. The number of aromatic nitrogens is 4. The lowest BCUT2D eigenvalue weighted by Crippen LogP contribution is -2.31. The molecule has 3 rings (SSSR count). The summed E-state index contributed by atoms with van der Waals surface area (Å²) >= 11 is 0. The molecule has 0 spiro atoms. The fraction of sp³-hybridized carbons (Fsp3) is 0.333. The third kappa shape index (κ3) is 5.16. The normalized spacial score (nSPS) is 11.2. The summed E-state index contributed by atoms with van der Waals surface area (Å²) < 4.78 is 57.5. The van der Waals surface area contributed by atoms with Crippen molar-refractivity contribution in [3.63, 3.8) is 0 Å². The number of amides is 1. The van der Waals surface area contributed by atoms with Crippen LogP contribution < -0.4 is 14.2 Å². The van der Waals surface area contributed by atoms with Crippen LogP contribution >= 0.6 is 0 Å². The van der Waals surface area contributed by atoms with Crippen molar-refractivity contribution in [1.82, 2.24) is 24.9 Å². The van der Waals surface area contributed by atoms with Gasteiger partial charge in [-0.2, -0.15) is 18.3 Å². The van der Waals surface area contributed by atoms with Crippen LogP contribution in [-0.4, -0.2) is 65.7 Å². The van der Waals surface area contributed by atoms with Crippen LogP contribution in [0.3, 0.4) is 0 Å². The van der Waals surface area contributed by atoms with Gasteiger partial charge in [0.2, 0.25) is 5.88 Å². The van der Waals surface area contributed by atoms with Gasteiger partial charge in [-0.05, 0) is 30.2 Å². The van der Waals surface area contributed by atoms with Gasteiger partial charge in [-0.25, -0.2) is 4.68 Å². The van der Waals surface area contributed by atoms with E-state index in [0.29, 0.717) is 22.6 Å². The molecule has 0 N–H and O–H groups in total. The number of carbonyl (C=O) groups is 1. The maximum atomic E-state index is 13.9. The lowest BCUT2D eigenvalue weighted by atomic mass is 10.1. The Morgan fingerprint density at radius 2 is 1.76 bits per heavy atom. The summed E-state index contributed by atoms with van der Waals surface area (Å²) in [6.07, 6.45) is -3.58. The van der Waals surface area contributed by atoms with Crippen LogP contribution in [0.2, 0.25) is 0 Å². The zero-order valence-electron chi connectivity index (χ0n) is 18.4. The van der Waals surface area contributed by atoms with Gasteiger partial charge in [-0.1, -0.05) is 6.07 Å². The summed E-state index contributed by atoms with van der Waals surface area (Å²) in [7, 11) is 5.79. The summed E-state index contributed by atoms with van der Waals surface area (Å²) in [5, 5.41) is 11.1. The van der Waals surface area contributed by atoms with Gasteiger partial charge < -0.3 is 19.1 Å². The molecule has 0 radical (unpaired) electrons. The standard InChI is InChI=1S/C21H22F3N5O4/c1-28(10-9-13-5-6-15(31-2)16(11-13)32-3)20(30)14-12-25-29(19(14)21(22,23)24)17-7-8-18(33-4)27-26-17/h5-8,11-12H,9-10H2,1-4H3. The molecule has 0 fully saturated rings. The van der Waals surface area contributed by atoms with Gasteiger partial charge in [0.05, 0.1) is 33.1 Å². The fourth-order valence-corrected chi connectivity index (χ4v) is 3.13. The molecule has 2 heterocycles. The quantitative estimate of drug-likeness (QED) is 0.505. The highest BCUT2D eigenvalue weighted by atomic mass is 19.4. The van der Waals surface area contributed by atoms with Gasteiger partial charge in [0.15, 0.2) is 23.0 Å². The van der Waals surface area contributed by atoms with Crippen LogP contribution in [0.4, 0.5) is 13.2 Å². The second kappa shape index (κ2) is 9.76. The zero-order chi connectivity index (χ0) is 24.2. The molecule has 1 amide bonds. The van der Waals surface area contributed by atoms with E-state index in [1.165, 1.54) is 45.4 Å². The van der Waals surface area contributed by atoms with Gasteiger partial charge in [-0.3, -0.25) is 4.79 Å². The Balaban J connectivity index is 1.83. The highest BCUT2D eigenvalue weighted by Crippen LogP contribution is 2.34. The van der Waals surface area contributed by atoms with E-state index in [4.69, 9.17) is 14.2 Å². The molecule has 0 unspecified atom stereocenters. The Labute approximate surface area is 187 Å². The van der Waals surface area contributed by atoms with E-state index < -0.39 is 23.3 Å². The van der Waals surface area contributed by atoms with Crippen molar-refractivity contribution in [2.45, 2.75) is 12.6 Å². The first-order valence-electron chi connectivity index (χ1n) is 9.69. The number of methoxy groups -OCH3 is 3. The molecule has 0 aliphatic heterocycles. The minimum Gasteiger partial charge on any atom is -0.493 e. The number of nitrogens with zero attached hydrogens (tertiary/aromatic N) is 5. The summed E-state index contributed by atoms with van der Waals surface area (Å²) in [6, 6.07) is 7.88. The molecule has 0 aliphatic rings. The Hall–Kier alpha value is -3.83. The molecule has 1 aromatic carbocycles. The van der Waals surface area contributed by atoms with Crippen molar-refractivity contribution in [2.75, 3.05) is 34.9 Å². The number of ether oxygens (including phenoxy) is 3. The first kappa shape index (κ1) is 23.8. The first-order valence-corrected chi connectivity index (χ1v) is 9.69. The molecule has 0 atom stereocenters. The van der Waals surface area contributed by atoms with Gasteiger partial charge in [0.1, 0.15) is 0 Å². The monoisotopic (exact) mass is 465 g/mol. The maximum Gasteiger partial charge on any atom is 0.434 e. The molecule has 0 saturated heterocycles. The number of hydrogen-bond acceptors (Lipinski definition) is 7. The van der Waals surface area contributed by atoms with Gasteiger partial charge >= 0.3 is 6.18 Å². The second-order valence-electron chi connectivity index (χ2n) is 6.92. The average Bonchev–Trinajstić information content (AvgIpc) is 3.27. The molecular formula is C21H22F3N5O4. The Morgan fingerprint density at radius 1 is 1.03 bits per heavy atom. The highest BCUT2D eigenvalue weighted by Gasteiger charge is 2.41. The molecule has 12 heteroatoms. The molecule has 0 aliphatic carbocycles. The maximum absolute atomic E-state index is 13.9. The number of hydrogen-bond donors (Lipinski definition) is 0. The van der Waals surface area contributed by atoms with Crippen molar-refractivity contribution in [1.29, 1.82) is 0 Å². The van der Waals surface area contributed by atoms with E-state index in [2.05, 4.69) is 15.3 Å². The molecular weight excluding hydrogens is 443 g/mol. The van der Waals surface area contributed by atoms with Gasteiger partial charge in [0, 0.05) is 19.7 Å². The van der Waals surface area contributed by atoms with Crippen molar-refractivity contribution < 1.29 is 32.2 Å². The van der Waals surface area contributed by atoms with E-state index in [1.807, 2.05) is 0 Å². The summed E-state index contributed by atoms with van der Waals surface area (Å²) in [4.78, 5) is 14.1. The molecule has 0 bridgehead atoms. The third-order valence-corrected chi connectivity index (χ3v) is 4.85. The minimum absolute atomic E-state index is 0.130. The fourth-order valence-electron chi connectivity index (χ4n) is 3.13. The Morgan fingerprint density at radius 3 is 2.33 bits per heavy atom. The van der Waals surface area contributed by atoms with Crippen LogP contribution in [0.1, 0.15) is 21.6 Å². The zero-order valence-corrected chi connectivity index (χ0v) is 18.4. The molecule has 9 nitrogen and oxygen atoms in total. The average molecular weight is 465 g/mol. The van der Waals surface area contributed by atoms with E-state index in [-0.39, 0.29) is 18.2 Å². The molecule has 0 saturated carbocycles. The SMILES string of the molecule is COc1ccc(-n2ncc(C(=O)N(C)CCc3ccc(OC)c(OC)c3)c2C(F)(F)F)nn1. The van der Waals surface area contributed by atoms with Crippen LogP contribution in [0.5, 0.6) is 17.4 Å². The van der Waals surface area contributed by atoms with Crippen LogP contribution in [0.25, 0.3) is 5.82 Å². The summed E-state index contributed by atoms with van der Waals surface area (Å²) in [5.74, 6) is 0.177. The van der Waals surface area contributed by atoms with E-state index >= 15 is 0 Å². The summed E-state index contributed by atoms with van der Waals surface area (Å²) in [6.45, 7) is 0.166. The second-order valence-corrected chi connectivity index (χ2v) is 6.92. The number of alkyl halides is 3.